The van der Waals surface area contributed by atoms with Gasteiger partial charge in [0.1, 0.15) is 0 Å². The van der Waals surface area contributed by atoms with Crippen LogP contribution in [-0.2, 0) is 9.47 Å². The first-order valence-corrected chi connectivity index (χ1v) is 7.33. The van der Waals surface area contributed by atoms with Crippen molar-refractivity contribution in [2.75, 3.05) is 33.4 Å². The predicted molar refractivity (Wildman–Crippen MR) is 78.7 cm³/mol. The highest BCUT2D eigenvalue weighted by atomic mass is 16.5. The van der Waals surface area contributed by atoms with Crippen LogP contribution in [0.1, 0.15) is 40.0 Å². The molecule has 2 N–H and O–H groups in total. The summed E-state index contributed by atoms with van der Waals surface area (Å²) in [5.41, 5.74) is -0.157. The Labute approximate surface area is 117 Å². The molecule has 5 heteroatoms. The molecule has 1 fully saturated rings. The maximum atomic E-state index is 5.70. The predicted octanol–water partition coefficient (Wildman–Crippen LogP) is 1.54. The minimum Gasteiger partial charge on any atom is -0.381 e. The molecule has 1 aliphatic rings. The minimum atomic E-state index is -0.157. The van der Waals surface area contributed by atoms with E-state index in [0.717, 1.165) is 45.0 Å². The number of methoxy groups -OCH3 is 1. The third kappa shape index (κ3) is 5.37. The number of guanidine groups is 1. The number of nitrogens with one attached hydrogen (secondary N) is 2. The number of nitrogens with zero attached hydrogens (tertiary/aromatic N) is 1. The second kappa shape index (κ2) is 8.38. The van der Waals surface area contributed by atoms with Crippen molar-refractivity contribution in [1.29, 1.82) is 0 Å². The topological polar surface area (TPSA) is 54.9 Å². The molecule has 0 bridgehead atoms. The second-order valence-electron chi connectivity index (χ2n) is 5.15. The van der Waals surface area contributed by atoms with Crippen molar-refractivity contribution in [2.45, 2.75) is 51.7 Å². The third-order valence-corrected chi connectivity index (χ3v) is 3.70. The van der Waals surface area contributed by atoms with E-state index in [1.807, 2.05) is 0 Å². The van der Waals surface area contributed by atoms with Gasteiger partial charge in [0.05, 0.1) is 12.1 Å². The van der Waals surface area contributed by atoms with Crippen LogP contribution in [0.4, 0.5) is 0 Å². The first-order valence-electron chi connectivity index (χ1n) is 7.33. The van der Waals surface area contributed by atoms with Gasteiger partial charge in [-0.3, -0.25) is 4.99 Å². The van der Waals surface area contributed by atoms with E-state index >= 15 is 0 Å². The van der Waals surface area contributed by atoms with Crippen LogP contribution in [0.5, 0.6) is 0 Å². The molecule has 0 saturated carbocycles. The van der Waals surface area contributed by atoms with Gasteiger partial charge in [-0.2, -0.15) is 0 Å². The molecule has 1 atom stereocenters. The molecular formula is C14H29N3O2. The van der Waals surface area contributed by atoms with Gasteiger partial charge >= 0.3 is 0 Å². The van der Waals surface area contributed by atoms with Crippen molar-refractivity contribution in [3.05, 3.63) is 0 Å². The zero-order chi connectivity index (χ0) is 14.1. The number of rotatable bonds is 6. The zero-order valence-corrected chi connectivity index (χ0v) is 12.8. The van der Waals surface area contributed by atoms with Gasteiger partial charge in [0.15, 0.2) is 5.96 Å². The van der Waals surface area contributed by atoms with Gasteiger partial charge < -0.3 is 20.1 Å². The lowest BCUT2D eigenvalue weighted by Crippen LogP contribution is -2.45. The smallest absolute Gasteiger partial charge is 0.191 e. The lowest BCUT2D eigenvalue weighted by Gasteiger charge is -2.34. The van der Waals surface area contributed by atoms with Crippen LogP contribution in [0.25, 0.3) is 0 Å². The highest BCUT2D eigenvalue weighted by molar-refractivity contribution is 5.80. The molecule has 1 unspecified atom stereocenters. The summed E-state index contributed by atoms with van der Waals surface area (Å²) in [6.07, 6.45) is 2.90. The summed E-state index contributed by atoms with van der Waals surface area (Å²) in [5, 5.41) is 6.68. The Morgan fingerprint density at radius 2 is 2.05 bits per heavy atom. The standard InChI is InChI=1S/C14H29N3O2/c1-5-12(3)17-13(15-6-2)16-11-14(18-4)7-9-19-10-8-14/h12H,5-11H2,1-4H3,(H2,15,16,17). The normalized spacial score (nSPS) is 20.9. The van der Waals surface area contributed by atoms with Crippen molar-refractivity contribution in [2.24, 2.45) is 4.99 Å². The third-order valence-electron chi connectivity index (χ3n) is 3.70. The highest BCUT2D eigenvalue weighted by Gasteiger charge is 2.32. The Balaban J connectivity index is 2.61. The summed E-state index contributed by atoms with van der Waals surface area (Å²) in [6, 6.07) is 0.422. The molecule has 5 nitrogen and oxygen atoms in total. The number of ether oxygens (including phenoxy) is 2. The summed E-state index contributed by atoms with van der Waals surface area (Å²) < 4.78 is 11.1. The lowest BCUT2D eigenvalue weighted by molar-refractivity contribution is -0.0828. The van der Waals surface area contributed by atoms with E-state index in [1.54, 1.807) is 7.11 Å². The van der Waals surface area contributed by atoms with E-state index in [0.29, 0.717) is 12.6 Å². The molecule has 0 amide bonds. The van der Waals surface area contributed by atoms with E-state index in [4.69, 9.17) is 9.47 Å². The molecule has 1 aliphatic heterocycles. The van der Waals surface area contributed by atoms with Crippen molar-refractivity contribution >= 4 is 5.96 Å². The zero-order valence-electron chi connectivity index (χ0n) is 12.8. The fourth-order valence-corrected chi connectivity index (χ4v) is 2.05. The first kappa shape index (κ1) is 16.2. The molecule has 112 valence electrons. The second-order valence-corrected chi connectivity index (χ2v) is 5.15. The van der Waals surface area contributed by atoms with E-state index in [-0.39, 0.29) is 5.60 Å². The molecule has 0 aliphatic carbocycles. The molecule has 0 spiro atoms. The molecule has 1 saturated heterocycles. The first-order chi connectivity index (χ1) is 9.15. The van der Waals surface area contributed by atoms with Crippen LogP contribution in [0.15, 0.2) is 4.99 Å². The molecule has 0 aromatic carbocycles. The van der Waals surface area contributed by atoms with Crippen LogP contribution < -0.4 is 10.6 Å². The Hall–Kier alpha value is -0.810. The summed E-state index contributed by atoms with van der Waals surface area (Å²) in [6.45, 7) is 9.47. The maximum absolute atomic E-state index is 5.70. The van der Waals surface area contributed by atoms with Crippen molar-refractivity contribution in [1.82, 2.24) is 10.6 Å². The van der Waals surface area contributed by atoms with Gasteiger partial charge in [0.25, 0.3) is 0 Å². The highest BCUT2D eigenvalue weighted by Crippen LogP contribution is 2.24. The van der Waals surface area contributed by atoms with Crippen LogP contribution in [0.2, 0.25) is 0 Å². The van der Waals surface area contributed by atoms with Gasteiger partial charge in [0.2, 0.25) is 0 Å². The monoisotopic (exact) mass is 271 g/mol. The minimum absolute atomic E-state index is 0.157. The molecular weight excluding hydrogens is 242 g/mol. The number of hydrogen-bond acceptors (Lipinski definition) is 3. The Morgan fingerprint density at radius 3 is 2.58 bits per heavy atom. The summed E-state index contributed by atoms with van der Waals surface area (Å²) in [4.78, 5) is 4.68. The fraction of sp³-hybridized carbons (Fsp3) is 0.929. The Morgan fingerprint density at radius 1 is 1.37 bits per heavy atom. The molecule has 1 rings (SSSR count). The fourth-order valence-electron chi connectivity index (χ4n) is 2.05. The average molecular weight is 271 g/mol. The summed E-state index contributed by atoms with van der Waals surface area (Å²) in [7, 11) is 1.77. The van der Waals surface area contributed by atoms with Gasteiger partial charge in [-0.25, -0.2) is 0 Å². The Bertz CT molecular complexity index is 276. The average Bonchev–Trinajstić information content (AvgIpc) is 2.46. The van der Waals surface area contributed by atoms with E-state index in [1.165, 1.54) is 0 Å². The van der Waals surface area contributed by atoms with Crippen LogP contribution in [0, 0.1) is 0 Å². The van der Waals surface area contributed by atoms with Crippen molar-refractivity contribution in [3.63, 3.8) is 0 Å². The van der Waals surface area contributed by atoms with Gasteiger partial charge in [-0.15, -0.1) is 0 Å². The quantitative estimate of drug-likeness (QED) is 0.568. The van der Waals surface area contributed by atoms with E-state index in [9.17, 15) is 0 Å². The van der Waals surface area contributed by atoms with Crippen molar-refractivity contribution < 1.29 is 9.47 Å². The maximum Gasteiger partial charge on any atom is 0.191 e. The SMILES string of the molecule is CCNC(=NCC1(OC)CCOCC1)NC(C)CC. The largest absolute Gasteiger partial charge is 0.381 e. The van der Waals surface area contributed by atoms with E-state index in [2.05, 4.69) is 36.4 Å². The molecule has 0 radical (unpaired) electrons. The van der Waals surface area contributed by atoms with Crippen LogP contribution >= 0.6 is 0 Å². The number of aliphatic imine (C=N–C) groups is 1. The molecule has 19 heavy (non-hydrogen) atoms. The summed E-state index contributed by atoms with van der Waals surface area (Å²) in [5.74, 6) is 0.875. The molecule has 1 heterocycles. The Kier molecular flexibility index (Phi) is 7.16. The van der Waals surface area contributed by atoms with Gasteiger partial charge in [-0.05, 0) is 20.3 Å². The lowest BCUT2D eigenvalue weighted by atomic mass is 9.94. The van der Waals surface area contributed by atoms with Crippen LogP contribution in [-0.4, -0.2) is 51.0 Å². The molecule has 0 aromatic rings. The molecule has 0 aromatic heterocycles. The van der Waals surface area contributed by atoms with Gasteiger partial charge in [-0.1, -0.05) is 6.92 Å². The number of hydrogen-bond donors (Lipinski definition) is 2. The summed E-state index contributed by atoms with van der Waals surface area (Å²) >= 11 is 0. The van der Waals surface area contributed by atoms with Crippen LogP contribution in [0.3, 0.4) is 0 Å². The van der Waals surface area contributed by atoms with Gasteiger partial charge in [0, 0.05) is 45.8 Å². The van der Waals surface area contributed by atoms with Crippen molar-refractivity contribution in [3.8, 4) is 0 Å². The van der Waals surface area contributed by atoms with E-state index < -0.39 is 0 Å².